The molecule has 4 heteroatoms. The first kappa shape index (κ1) is 9.37. The minimum Gasteiger partial charge on any atom is -0.314 e. The van der Waals surface area contributed by atoms with Gasteiger partial charge >= 0.3 is 0 Å². The van der Waals surface area contributed by atoms with Crippen LogP contribution in [0.2, 0.25) is 0 Å². The van der Waals surface area contributed by atoms with E-state index in [0.717, 1.165) is 37.5 Å². The number of rotatable bonds is 2. The van der Waals surface area contributed by atoms with Crippen molar-refractivity contribution < 1.29 is 4.79 Å². The van der Waals surface area contributed by atoms with E-state index in [1.165, 1.54) is 0 Å². The van der Waals surface area contributed by atoms with Crippen LogP contribution in [0.5, 0.6) is 0 Å². The second-order valence-corrected chi connectivity index (χ2v) is 3.79. The molecule has 1 aliphatic heterocycles. The highest BCUT2D eigenvalue weighted by molar-refractivity contribution is 5.82. The van der Waals surface area contributed by atoms with Crippen LogP contribution in [0.25, 0.3) is 0 Å². The third kappa shape index (κ3) is 1.35. The maximum atomic E-state index is 11.4. The highest BCUT2D eigenvalue weighted by Gasteiger charge is 2.27. The van der Waals surface area contributed by atoms with Crippen molar-refractivity contribution in [2.24, 2.45) is 0 Å². The van der Waals surface area contributed by atoms with Crippen LogP contribution in [0.3, 0.4) is 0 Å². The van der Waals surface area contributed by atoms with Crippen molar-refractivity contribution in [1.82, 2.24) is 14.8 Å². The van der Waals surface area contributed by atoms with Crippen LogP contribution in [0.1, 0.15) is 44.3 Å². The van der Waals surface area contributed by atoms with E-state index in [4.69, 9.17) is 0 Å². The first-order chi connectivity index (χ1) is 6.74. The Hall–Kier alpha value is -1.19. The molecular weight excluding hydrogens is 178 g/mol. The van der Waals surface area contributed by atoms with E-state index in [1.54, 1.807) is 6.92 Å². The molecule has 0 saturated heterocycles. The fourth-order valence-corrected chi connectivity index (χ4v) is 2.08. The summed E-state index contributed by atoms with van der Waals surface area (Å²) in [6.45, 7) is 4.67. The van der Waals surface area contributed by atoms with E-state index in [2.05, 4.69) is 21.7 Å². The van der Waals surface area contributed by atoms with Crippen molar-refractivity contribution in [3.8, 4) is 0 Å². The van der Waals surface area contributed by atoms with Gasteiger partial charge in [0.05, 0.1) is 5.92 Å². The number of aryl methyl sites for hydroxylation is 1. The number of nitrogens with zero attached hydrogens (tertiary/aromatic N) is 3. The lowest BCUT2D eigenvalue weighted by molar-refractivity contribution is -0.119. The van der Waals surface area contributed by atoms with Gasteiger partial charge in [-0.15, -0.1) is 10.2 Å². The molecule has 0 amide bonds. The Morgan fingerprint density at radius 3 is 3.00 bits per heavy atom. The number of carbonyl (C=O) groups excluding carboxylic acids is 1. The second kappa shape index (κ2) is 3.52. The van der Waals surface area contributed by atoms with E-state index in [-0.39, 0.29) is 11.7 Å². The molecule has 1 aliphatic rings. The highest BCUT2D eigenvalue weighted by atomic mass is 16.1. The van der Waals surface area contributed by atoms with Crippen LogP contribution < -0.4 is 0 Å². The molecule has 0 aromatic carbocycles. The van der Waals surface area contributed by atoms with Crippen LogP contribution in [-0.4, -0.2) is 20.5 Å². The van der Waals surface area contributed by atoms with E-state index >= 15 is 0 Å². The standard InChI is InChI=1S/C10H15N3O/c1-3-9-11-12-10-8(7(2)14)5-4-6-13(9)10/h8H,3-6H2,1-2H3. The van der Waals surface area contributed by atoms with E-state index < -0.39 is 0 Å². The SMILES string of the molecule is CCc1nnc2n1CCCC2C(C)=O. The first-order valence-electron chi connectivity index (χ1n) is 5.16. The molecule has 0 fully saturated rings. The van der Waals surface area contributed by atoms with Gasteiger partial charge in [-0.25, -0.2) is 0 Å². The lowest BCUT2D eigenvalue weighted by Crippen LogP contribution is -2.22. The molecule has 2 rings (SSSR count). The summed E-state index contributed by atoms with van der Waals surface area (Å²) >= 11 is 0. The van der Waals surface area contributed by atoms with Gasteiger partial charge in [0.25, 0.3) is 0 Å². The molecule has 1 atom stereocenters. The lowest BCUT2D eigenvalue weighted by atomic mass is 9.95. The van der Waals surface area contributed by atoms with Crippen LogP contribution in [-0.2, 0) is 17.8 Å². The average Bonchev–Trinajstić information content (AvgIpc) is 2.59. The number of ketones is 1. The number of hydrogen-bond donors (Lipinski definition) is 0. The van der Waals surface area contributed by atoms with E-state index in [9.17, 15) is 4.79 Å². The quantitative estimate of drug-likeness (QED) is 0.711. The molecule has 0 aliphatic carbocycles. The third-order valence-corrected chi connectivity index (χ3v) is 2.85. The number of Topliss-reactive ketones (excluding diaryl/α,β-unsaturated/α-hetero) is 1. The number of aromatic nitrogens is 3. The number of carbonyl (C=O) groups is 1. The molecule has 1 aromatic heterocycles. The summed E-state index contributed by atoms with van der Waals surface area (Å²) < 4.78 is 2.11. The molecule has 0 spiro atoms. The Kier molecular flexibility index (Phi) is 2.35. The normalized spacial score (nSPS) is 20.6. The van der Waals surface area contributed by atoms with Gasteiger partial charge in [-0.3, -0.25) is 4.79 Å². The smallest absolute Gasteiger partial charge is 0.143 e. The molecule has 76 valence electrons. The van der Waals surface area contributed by atoms with E-state index in [1.807, 2.05) is 0 Å². The van der Waals surface area contributed by atoms with Crippen molar-refractivity contribution in [1.29, 1.82) is 0 Å². The van der Waals surface area contributed by atoms with Gasteiger partial charge in [-0.05, 0) is 19.8 Å². The van der Waals surface area contributed by atoms with Crippen molar-refractivity contribution in [3.63, 3.8) is 0 Å². The number of fused-ring (bicyclic) bond motifs is 1. The summed E-state index contributed by atoms with van der Waals surface area (Å²) in [5.41, 5.74) is 0. The first-order valence-corrected chi connectivity index (χ1v) is 5.16. The van der Waals surface area contributed by atoms with Gasteiger partial charge in [0, 0.05) is 13.0 Å². The number of hydrogen-bond acceptors (Lipinski definition) is 3. The Morgan fingerprint density at radius 1 is 1.57 bits per heavy atom. The summed E-state index contributed by atoms with van der Waals surface area (Å²) in [7, 11) is 0. The minimum absolute atomic E-state index is 0.0171. The Balaban J connectivity index is 2.40. The molecular formula is C10H15N3O. The van der Waals surface area contributed by atoms with Crippen LogP contribution >= 0.6 is 0 Å². The Bertz CT molecular complexity index is 356. The van der Waals surface area contributed by atoms with Crippen LogP contribution in [0, 0.1) is 0 Å². The molecule has 1 unspecified atom stereocenters. The molecule has 0 bridgehead atoms. The molecule has 0 saturated carbocycles. The fraction of sp³-hybridized carbons (Fsp3) is 0.700. The molecule has 0 N–H and O–H groups in total. The summed E-state index contributed by atoms with van der Waals surface area (Å²) in [4.78, 5) is 11.4. The van der Waals surface area contributed by atoms with Gasteiger partial charge in [-0.2, -0.15) is 0 Å². The highest BCUT2D eigenvalue weighted by Crippen LogP contribution is 2.27. The zero-order chi connectivity index (χ0) is 10.1. The Labute approximate surface area is 83.3 Å². The van der Waals surface area contributed by atoms with Crippen molar-refractivity contribution in [3.05, 3.63) is 11.6 Å². The van der Waals surface area contributed by atoms with Gasteiger partial charge in [0.1, 0.15) is 17.4 Å². The minimum atomic E-state index is -0.0171. The van der Waals surface area contributed by atoms with Gasteiger partial charge < -0.3 is 4.57 Å². The molecule has 2 heterocycles. The summed E-state index contributed by atoms with van der Waals surface area (Å²) in [6.07, 6.45) is 2.87. The van der Waals surface area contributed by atoms with Crippen molar-refractivity contribution in [2.45, 2.75) is 45.6 Å². The molecule has 4 nitrogen and oxygen atoms in total. The molecule has 1 aromatic rings. The lowest BCUT2D eigenvalue weighted by Gasteiger charge is -2.21. The van der Waals surface area contributed by atoms with E-state index in [0.29, 0.717) is 0 Å². The third-order valence-electron chi connectivity index (χ3n) is 2.85. The van der Waals surface area contributed by atoms with Gasteiger partial charge in [-0.1, -0.05) is 6.92 Å². The molecule has 14 heavy (non-hydrogen) atoms. The maximum Gasteiger partial charge on any atom is 0.143 e. The summed E-state index contributed by atoms with van der Waals surface area (Å²) in [5, 5.41) is 8.23. The van der Waals surface area contributed by atoms with Gasteiger partial charge in [0.2, 0.25) is 0 Å². The van der Waals surface area contributed by atoms with Gasteiger partial charge in [0.15, 0.2) is 0 Å². The monoisotopic (exact) mass is 193 g/mol. The topological polar surface area (TPSA) is 47.8 Å². The van der Waals surface area contributed by atoms with Crippen molar-refractivity contribution in [2.75, 3.05) is 0 Å². The predicted molar refractivity (Wildman–Crippen MR) is 52.1 cm³/mol. The average molecular weight is 193 g/mol. The van der Waals surface area contributed by atoms with Crippen molar-refractivity contribution >= 4 is 5.78 Å². The Morgan fingerprint density at radius 2 is 2.36 bits per heavy atom. The largest absolute Gasteiger partial charge is 0.314 e. The molecule has 0 radical (unpaired) electrons. The predicted octanol–water partition coefficient (Wildman–Crippen LogP) is 1.31. The maximum absolute atomic E-state index is 11.4. The summed E-state index contributed by atoms with van der Waals surface area (Å²) in [6, 6.07) is 0. The zero-order valence-corrected chi connectivity index (χ0v) is 8.66. The van der Waals surface area contributed by atoms with Crippen LogP contribution in [0.15, 0.2) is 0 Å². The fourth-order valence-electron chi connectivity index (χ4n) is 2.08. The summed E-state index contributed by atoms with van der Waals surface area (Å²) in [5.74, 6) is 2.07. The zero-order valence-electron chi connectivity index (χ0n) is 8.66. The van der Waals surface area contributed by atoms with Crippen LogP contribution in [0.4, 0.5) is 0 Å². The second-order valence-electron chi connectivity index (χ2n) is 3.79.